The molecule has 6 rings (SSSR count). The Balaban J connectivity index is 0.000000236. The van der Waals surface area contributed by atoms with Crippen molar-refractivity contribution in [1.82, 2.24) is 10.2 Å². The Hall–Kier alpha value is -4.03. The Morgan fingerprint density at radius 1 is 0.823 bits per heavy atom. The molecule has 1 aliphatic rings. The second-order valence-corrected chi connectivity index (χ2v) is 18.2. The second-order valence-electron chi connectivity index (χ2n) is 14.9. The molecule has 1 N–H and O–H groups in total. The molecule has 2 heterocycles. The first-order chi connectivity index (χ1) is 29.1. The minimum Gasteiger partial charge on any atom is -0.468 e. The zero-order chi connectivity index (χ0) is 46.3. The largest absolute Gasteiger partial charge is 0.494 e. The fraction of sp³-hybridized carbons (Fsp3) is 0.378. The summed E-state index contributed by atoms with van der Waals surface area (Å²) in [6.07, 6.45) is -4.43. The molecule has 1 saturated heterocycles. The first-order valence-electron chi connectivity index (χ1n) is 19.8. The van der Waals surface area contributed by atoms with Crippen LogP contribution in [0.2, 0.25) is 0 Å². The van der Waals surface area contributed by atoms with Gasteiger partial charge in [0.1, 0.15) is 5.76 Å². The van der Waals surface area contributed by atoms with Crippen LogP contribution >= 0.6 is 27.5 Å². The lowest BCUT2D eigenvalue weighted by atomic mass is 9.79. The molecule has 336 valence electrons. The highest BCUT2D eigenvalue weighted by Gasteiger charge is 2.51. The van der Waals surface area contributed by atoms with E-state index in [1.807, 2.05) is 88.4 Å². The molecule has 0 bridgehead atoms. The highest BCUT2D eigenvalue weighted by atomic mass is 79.9. The zero-order valence-corrected chi connectivity index (χ0v) is 39.3. The molecule has 0 unspecified atom stereocenters. The number of furan rings is 1. The van der Waals surface area contributed by atoms with E-state index in [1.165, 1.54) is 37.8 Å². The maximum atomic E-state index is 12.3. The number of rotatable bonds is 12. The van der Waals surface area contributed by atoms with Crippen molar-refractivity contribution in [3.63, 3.8) is 0 Å². The number of nitrogens with one attached hydrogen (secondary N) is 1. The summed E-state index contributed by atoms with van der Waals surface area (Å²) in [4.78, 5) is 24.7. The summed E-state index contributed by atoms with van der Waals surface area (Å²) < 4.78 is 83.3. The van der Waals surface area contributed by atoms with Gasteiger partial charge in [-0.3, -0.25) is 9.59 Å². The monoisotopic (exact) mass is 964 g/mol. The molecule has 1 aromatic heterocycles. The molecule has 0 spiro atoms. The molecule has 0 radical (unpaired) electrons. The van der Waals surface area contributed by atoms with Gasteiger partial charge in [-0.1, -0.05) is 97.4 Å². The number of benzene rings is 4. The minimum absolute atomic E-state index is 0.0371. The number of alkyl halides is 3. The molecule has 1 aliphatic heterocycles. The third-order valence-corrected chi connectivity index (χ3v) is 12.4. The number of esters is 1. The van der Waals surface area contributed by atoms with Crippen molar-refractivity contribution in [3.8, 4) is 0 Å². The predicted octanol–water partition coefficient (Wildman–Crippen LogP) is 9.85. The minimum atomic E-state index is -4.43. The lowest BCUT2D eigenvalue weighted by Gasteiger charge is -2.32. The number of carbonyl (C=O) groups is 2. The average molecular weight is 966 g/mol. The van der Waals surface area contributed by atoms with E-state index in [0.29, 0.717) is 17.6 Å². The molecule has 0 saturated carbocycles. The quantitative estimate of drug-likeness (QED) is 0.0735. The lowest BCUT2D eigenvalue weighted by molar-refractivity contribution is -0.153. The van der Waals surface area contributed by atoms with E-state index in [9.17, 15) is 31.2 Å². The standard InChI is InChI=1S/C15H21BO6S.C13H11BrF3NO.C11H7ClO.C6H15N/c1-14(2)15(3,4)22-16(21-14)11-7-6-8-12(9-11)23(18,19)10-13(17)20-5;14-10-3-1-9(2-4-10)7-18-8-11-5-6-12(19-11)13(15,16)17;12-11(13)10-7-3-5-8-4-1-2-6-9(8)10;1-4-7(5-2)6-3/h6-9H,10H2,1-5H3;1-6,18H,7-8H2;1-7H;4-6H2,1-3H3. The van der Waals surface area contributed by atoms with Gasteiger partial charge >= 0.3 is 19.3 Å². The van der Waals surface area contributed by atoms with Crippen molar-refractivity contribution in [2.75, 3.05) is 32.5 Å². The average Bonchev–Trinajstić information content (AvgIpc) is 3.80. The number of sulfone groups is 1. The Labute approximate surface area is 376 Å². The molecule has 5 aromatic rings. The fourth-order valence-corrected chi connectivity index (χ4v) is 7.38. The van der Waals surface area contributed by atoms with Crippen LogP contribution in [0.25, 0.3) is 10.8 Å². The van der Waals surface area contributed by atoms with E-state index in [-0.39, 0.29) is 17.2 Å². The van der Waals surface area contributed by atoms with E-state index in [0.717, 1.165) is 34.0 Å². The zero-order valence-electron chi connectivity index (χ0n) is 36.1. The number of hydrogen-bond acceptors (Lipinski definition) is 10. The van der Waals surface area contributed by atoms with Crippen LogP contribution in [0.4, 0.5) is 13.2 Å². The lowest BCUT2D eigenvalue weighted by Crippen LogP contribution is -2.41. The van der Waals surface area contributed by atoms with Crippen molar-refractivity contribution < 1.29 is 49.6 Å². The molecular formula is C45H54BBrClF3N2O8S. The van der Waals surface area contributed by atoms with Crippen LogP contribution in [0.5, 0.6) is 0 Å². The van der Waals surface area contributed by atoms with Crippen molar-refractivity contribution in [2.24, 2.45) is 0 Å². The van der Waals surface area contributed by atoms with Gasteiger partial charge in [0.2, 0.25) is 5.76 Å². The highest BCUT2D eigenvalue weighted by molar-refractivity contribution is 9.10. The van der Waals surface area contributed by atoms with Crippen LogP contribution in [0, 0.1) is 0 Å². The Morgan fingerprint density at radius 3 is 1.94 bits per heavy atom. The number of carbonyl (C=O) groups excluding carboxylic acids is 2. The molecule has 4 aromatic carbocycles. The summed E-state index contributed by atoms with van der Waals surface area (Å²) in [5.41, 5.74) is 1.18. The Bertz CT molecular complexity index is 2300. The Morgan fingerprint density at radius 2 is 1.40 bits per heavy atom. The van der Waals surface area contributed by atoms with Crippen LogP contribution in [-0.4, -0.2) is 75.3 Å². The van der Waals surface area contributed by atoms with Crippen molar-refractivity contribution in [1.29, 1.82) is 0 Å². The van der Waals surface area contributed by atoms with E-state index in [1.54, 1.807) is 18.2 Å². The van der Waals surface area contributed by atoms with Gasteiger partial charge in [-0.05, 0) is 123 Å². The van der Waals surface area contributed by atoms with E-state index >= 15 is 0 Å². The number of halogens is 5. The fourth-order valence-electron chi connectivity index (χ4n) is 5.76. The molecule has 1 fully saturated rings. The molecular weight excluding hydrogens is 912 g/mol. The molecule has 10 nitrogen and oxygen atoms in total. The Kier molecular flexibility index (Phi) is 19.9. The van der Waals surface area contributed by atoms with Gasteiger partial charge in [0, 0.05) is 16.6 Å². The SMILES string of the molecule is CCN(CC)CC.COC(=O)CS(=O)(=O)c1cccc(B2OC(C)(C)C(C)(C)O2)c1.FC(F)(F)c1ccc(CNCc2ccc(Br)cc2)o1.O=C(Cl)c1cccc2ccccc12. The van der Waals surface area contributed by atoms with Gasteiger partial charge < -0.3 is 28.7 Å². The molecule has 0 atom stereocenters. The topological polar surface area (TPSA) is 124 Å². The summed E-state index contributed by atoms with van der Waals surface area (Å²) in [7, 11) is -3.27. The van der Waals surface area contributed by atoms with Crippen molar-refractivity contribution in [2.45, 2.75) is 83.8 Å². The van der Waals surface area contributed by atoms with Crippen molar-refractivity contribution >= 4 is 71.9 Å². The van der Waals surface area contributed by atoms with Crippen molar-refractivity contribution in [3.05, 3.63) is 130 Å². The third-order valence-electron chi connectivity index (χ3n) is 10.1. The maximum absolute atomic E-state index is 12.3. The van der Waals surface area contributed by atoms with Gasteiger partial charge in [0.25, 0.3) is 5.24 Å². The number of nitrogens with zero attached hydrogens (tertiary/aromatic N) is 1. The van der Waals surface area contributed by atoms with Gasteiger partial charge in [0.15, 0.2) is 15.6 Å². The number of hydrogen-bond donors (Lipinski definition) is 1. The van der Waals surface area contributed by atoms with Gasteiger partial charge in [0.05, 0.1) is 29.8 Å². The summed E-state index contributed by atoms with van der Waals surface area (Å²) in [5, 5.41) is 4.56. The number of fused-ring (bicyclic) bond motifs is 1. The van der Waals surface area contributed by atoms with Gasteiger partial charge in [-0.2, -0.15) is 13.2 Å². The van der Waals surface area contributed by atoms with Gasteiger partial charge in [-0.15, -0.1) is 0 Å². The normalized spacial score (nSPS) is 14.2. The van der Waals surface area contributed by atoms with E-state index in [2.05, 4.69) is 51.7 Å². The van der Waals surface area contributed by atoms with Crippen LogP contribution in [-0.2, 0) is 47.9 Å². The number of ether oxygens (including phenoxy) is 1. The molecule has 0 aliphatic carbocycles. The summed E-state index contributed by atoms with van der Waals surface area (Å²) in [5.74, 6) is -2.19. The smallest absolute Gasteiger partial charge is 0.468 e. The van der Waals surface area contributed by atoms with Crippen LogP contribution in [0.1, 0.15) is 75.9 Å². The molecule has 0 amide bonds. The van der Waals surface area contributed by atoms with Gasteiger partial charge in [-0.25, -0.2) is 8.42 Å². The summed E-state index contributed by atoms with van der Waals surface area (Å²) >= 11 is 8.77. The number of methoxy groups -OCH3 is 1. The van der Waals surface area contributed by atoms with E-state index in [4.69, 9.17) is 25.3 Å². The second kappa shape index (κ2) is 23.6. The van der Waals surface area contributed by atoms with Crippen LogP contribution in [0.3, 0.4) is 0 Å². The molecule has 17 heteroatoms. The predicted molar refractivity (Wildman–Crippen MR) is 242 cm³/mol. The highest BCUT2D eigenvalue weighted by Crippen LogP contribution is 2.36. The first kappa shape index (κ1) is 52.3. The summed E-state index contributed by atoms with van der Waals surface area (Å²) in [6, 6.07) is 29.4. The third kappa shape index (κ3) is 15.6. The summed E-state index contributed by atoms with van der Waals surface area (Å²) in [6.45, 7) is 18.6. The van der Waals surface area contributed by atoms with Crippen LogP contribution in [0.15, 0.2) is 117 Å². The maximum Gasteiger partial charge on any atom is 0.494 e. The van der Waals surface area contributed by atoms with Crippen LogP contribution < -0.4 is 10.8 Å². The molecule has 62 heavy (non-hydrogen) atoms. The van der Waals surface area contributed by atoms with E-state index < -0.39 is 57.1 Å². The first-order valence-corrected chi connectivity index (χ1v) is 22.7.